The van der Waals surface area contributed by atoms with E-state index in [0.29, 0.717) is 29.4 Å². The largest absolute Gasteiger partial charge is 0.481 e. The Hall–Kier alpha value is -2.54. The summed E-state index contributed by atoms with van der Waals surface area (Å²) in [4.78, 5) is 22.7. The van der Waals surface area contributed by atoms with E-state index in [2.05, 4.69) is 10.4 Å². The van der Waals surface area contributed by atoms with Crippen molar-refractivity contribution in [2.75, 3.05) is 5.32 Å². The van der Waals surface area contributed by atoms with E-state index in [9.17, 15) is 9.59 Å². The van der Waals surface area contributed by atoms with Gasteiger partial charge in [-0.1, -0.05) is 11.6 Å². The van der Waals surface area contributed by atoms with Gasteiger partial charge in [-0.2, -0.15) is 5.10 Å². The quantitative estimate of drug-likeness (QED) is 0.749. The van der Waals surface area contributed by atoms with Crippen LogP contribution in [0, 0.1) is 6.92 Å². The van der Waals surface area contributed by atoms with Gasteiger partial charge in [-0.3, -0.25) is 14.3 Å². The van der Waals surface area contributed by atoms with Crippen LogP contribution < -0.4 is 10.1 Å². The highest BCUT2D eigenvalue weighted by atomic mass is 35.5. The second-order valence-corrected chi connectivity index (χ2v) is 6.08. The van der Waals surface area contributed by atoms with Crippen LogP contribution in [0.1, 0.15) is 25.3 Å². The van der Waals surface area contributed by atoms with E-state index < -0.39 is 12.1 Å². The Balaban J connectivity index is 1.88. The predicted octanol–water partition coefficient (Wildman–Crippen LogP) is 3.12. The number of halogens is 1. The summed E-state index contributed by atoms with van der Waals surface area (Å²) in [5, 5.41) is 16.0. The molecule has 134 valence electrons. The number of nitrogens with zero attached hydrogens (tertiary/aromatic N) is 2. The van der Waals surface area contributed by atoms with E-state index in [1.807, 2.05) is 6.92 Å². The summed E-state index contributed by atoms with van der Waals surface area (Å²) in [6, 6.07) is 5.19. The van der Waals surface area contributed by atoms with Gasteiger partial charge < -0.3 is 15.2 Å². The third kappa shape index (κ3) is 5.79. The van der Waals surface area contributed by atoms with E-state index >= 15 is 0 Å². The monoisotopic (exact) mass is 365 g/mol. The molecule has 8 heteroatoms. The van der Waals surface area contributed by atoms with Gasteiger partial charge in [0.05, 0.1) is 11.9 Å². The molecule has 0 aliphatic rings. The highest BCUT2D eigenvalue weighted by molar-refractivity contribution is 6.30. The number of hydrogen-bond donors (Lipinski definition) is 2. The highest BCUT2D eigenvalue weighted by Crippen LogP contribution is 2.23. The van der Waals surface area contributed by atoms with Crippen molar-refractivity contribution in [1.82, 2.24) is 9.78 Å². The number of amides is 1. The second kappa shape index (κ2) is 8.53. The minimum atomic E-state index is -0.843. The number of hydrogen-bond acceptors (Lipinski definition) is 4. The molecule has 0 spiro atoms. The van der Waals surface area contributed by atoms with Gasteiger partial charge in [0, 0.05) is 24.2 Å². The van der Waals surface area contributed by atoms with Gasteiger partial charge in [0.15, 0.2) is 6.10 Å². The number of nitrogens with one attached hydrogen (secondary N) is 1. The number of anilines is 1. The van der Waals surface area contributed by atoms with Crippen molar-refractivity contribution in [3.05, 3.63) is 41.2 Å². The number of carbonyl (C=O) groups is 2. The zero-order valence-electron chi connectivity index (χ0n) is 14.0. The topological polar surface area (TPSA) is 93.5 Å². The number of rotatable bonds is 8. The van der Waals surface area contributed by atoms with E-state index in [1.54, 1.807) is 36.0 Å². The van der Waals surface area contributed by atoms with Gasteiger partial charge in [-0.25, -0.2) is 0 Å². The molecule has 0 bridgehead atoms. The van der Waals surface area contributed by atoms with Crippen LogP contribution in [-0.4, -0.2) is 32.9 Å². The summed E-state index contributed by atoms with van der Waals surface area (Å²) in [5.41, 5.74) is 1.38. The molecule has 0 aliphatic heterocycles. The number of carboxylic acids is 1. The fraction of sp³-hybridized carbons (Fsp3) is 0.353. The number of ether oxygens (including phenoxy) is 1. The van der Waals surface area contributed by atoms with E-state index in [1.165, 1.54) is 6.20 Å². The number of aromatic nitrogens is 2. The number of aryl methyl sites for hydroxylation is 2. The Bertz CT molecular complexity index is 760. The van der Waals surface area contributed by atoms with Crippen molar-refractivity contribution >= 4 is 29.2 Å². The van der Waals surface area contributed by atoms with Gasteiger partial charge in [0.1, 0.15) is 5.75 Å². The van der Waals surface area contributed by atoms with Crippen molar-refractivity contribution in [3.63, 3.8) is 0 Å². The fourth-order valence-electron chi connectivity index (χ4n) is 2.18. The number of carboxylic acid groups (broad SMARTS) is 1. The number of benzene rings is 1. The van der Waals surface area contributed by atoms with Crippen LogP contribution in [0.5, 0.6) is 5.75 Å². The molecule has 1 aromatic heterocycles. The Morgan fingerprint density at radius 2 is 2.20 bits per heavy atom. The SMILES string of the molecule is Cc1cc(Cl)ccc1O[C@@H](C)C(=O)Nc1cnn(CCCC(=O)O)c1. The Labute approximate surface area is 150 Å². The molecule has 0 saturated heterocycles. The Morgan fingerprint density at radius 1 is 1.44 bits per heavy atom. The molecule has 2 N–H and O–H groups in total. The maximum atomic E-state index is 12.2. The minimum absolute atomic E-state index is 0.0763. The average molecular weight is 366 g/mol. The third-order valence-corrected chi connectivity index (χ3v) is 3.72. The molecule has 1 heterocycles. The van der Waals surface area contributed by atoms with Crippen LogP contribution in [0.15, 0.2) is 30.6 Å². The molecular weight excluding hydrogens is 346 g/mol. The number of aliphatic carboxylic acids is 1. The Kier molecular flexibility index (Phi) is 6.41. The Morgan fingerprint density at radius 3 is 2.88 bits per heavy atom. The summed E-state index contributed by atoms with van der Waals surface area (Å²) >= 11 is 5.90. The molecule has 0 saturated carbocycles. The van der Waals surface area contributed by atoms with Crippen molar-refractivity contribution in [2.24, 2.45) is 0 Å². The minimum Gasteiger partial charge on any atom is -0.481 e. The van der Waals surface area contributed by atoms with E-state index in [4.69, 9.17) is 21.4 Å². The van der Waals surface area contributed by atoms with Crippen LogP contribution in [0.2, 0.25) is 5.02 Å². The molecular formula is C17H20ClN3O4. The molecule has 1 atom stereocenters. The lowest BCUT2D eigenvalue weighted by atomic mass is 10.2. The normalized spacial score (nSPS) is 11.8. The first kappa shape index (κ1) is 18.8. The van der Waals surface area contributed by atoms with Crippen LogP contribution in [0.3, 0.4) is 0 Å². The average Bonchev–Trinajstić information content (AvgIpc) is 2.97. The van der Waals surface area contributed by atoms with Gasteiger partial charge in [-0.05, 0) is 44.0 Å². The van der Waals surface area contributed by atoms with Crippen molar-refractivity contribution in [1.29, 1.82) is 0 Å². The fourth-order valence-corrected chi connectivity index (χ4v) is 2.40. The first-order chi connectivity index (χ1) is 11.8. The van der Waals surface area contributed by atoms with Crippen LogP contribution in [0.4, 0.5) is 5.69 Å². The summed E-state index contributed by atoms with van der Waals surface area (Å²) < 4.78 is 7.26. The van der Waals surface area contributed by atoms with Gasteiger partial charge in [0.2, 0.25) is 0 Å². The number of carbonyl (C=O) groups excluding carboxylic acids is 1. The van der Waals surface area contributed by atoms with Crippen molar-refractivity contribution in [3.8, 4) is 5.75 Å². The molecule has 1 amide bonds. The molecule has 1 aromatic carbocycles. The molecule has 25 heavy (non-hydrogen) atoms. The maximum Gasteiger partial charge on any atom is 0.303 e. The summed E-state index contributed by atoms with van der Waals surface area (Å²) in [5.74, 6) is -0.556. The molecule has 0 fully saturated rings. The molecule has 0 unspecified atom stereocenters. The maximum absolute atomic E-state index is 12.2. The van der Waals surface area contributed by atoms with Crippen LogP contribution >= 0.6 is 11.6 Å². The van der Waals surface area contributed by atoms with E-state index in [0.717, 1.165) is 5.56 Å². The second-order valence-electron chi connectivity index (χ2n) is 5.65. The summed E-state index contributed by atoms with van der Waals surface area (Å²) in [7, 11) is 0. The van der Waals surface area contributed by atoms with E-state index in [-0.39, 0.29) is 12.3 Å². The molecule has 0 radical (unpaired) electrons. The molecule has 2 aromatic rings. The predicted molar refractivity (Wildman–Crippen MR) is 94.0 cm³/mol. The van der Waals surface area contributed by atoms with Crippen molar-refractivity contribution in [2.45, 2.75) is 39.3 Å². The molecule has 2 rings (SSSR count). The van der Waals surface area contributed by atoms with Gasteiger partial charge in [-0.15, -0.1) is 0 Å². The third-order valence-electron chi connectivity index (χ3n) is 3.49. The highest BCUT2D eigenvalue weighted by Gasteiger charge is 2.16. The van der Waals surface area contributed by atoms with Gasteiger partial charge >= 0.3 is 5.97 Å². The lowest BCUT2D eigenvalue weighted by Gasteiger charge is -2.15. The first-order valence-electron chi connectivity index (χ1n) is 7.83. The molecule has 0 aliphatic carbocycles. The van der Waals surface area contributed by atoms with Crippen LogP contribution in [-0.2, 0) is 16.1 Å². The van der Waals surface area contributed by atoms with Crippen LogP contribution in [0.25, 0.3) is 0 Å². The van der Waals surface area contributed by atoms with Gasteiger partial charge in [0.25, 0.3) is 5.91 Å². The summed E-state index contributed by atoms with van der Waals surface area (Å²) in [6.45, 7) is 3.98. The summed E-state index contributed by atoms with van der Waals surface area (Å²) in [6.07, 6.45) is 3.01. The lowest BCUT2D eigenvalue weighted by molar-refractivity contribution is -0.137. The van der Waals surface area contributed by atoms with Crippen molar-refractivity contribution < 1.29 is 19.4 Å². The zero-order valence-corrected chi connectivity index (χ0v) is 14.8. The zero-order chi connectivity index (χ0) is 18.4. The lowest BCUT2D eigenvalue weighted by Crippen LogP contribution is -2.30. The smallest absolute Gasteiger partial charge is 0.303 e. The molecule has 7 nitrogen and oxygen atoms in total. The first-order valence-corrected chi connectivity index (χ1v) is 8.21. The standard InChI is InChI=1S/C17H20ClN3O4/c1-11-8-13(18)5-6-15(11)25-12(2)17(24)20-14-9-19-21(10-14)7-3-4-16(22)23/h5-6,8-10,12H,3-4,7H2,1-2H3,(H,20,24)(H,22,23)/t12-/m0/s1.